The Hall–Kier alpha value is -3.32. The van der Waals surface area contributed by atoms with Crippen LogP contribution in [0, 0.1) is 13.8 Å². The van der Waals surface area contributed by atoms with Crippen molar-refractivity contribution in [3.63, 3.8) is 0 Å². The van der Waals surface area contributed by atoms with E-state index in [1.807, 2.05) is 37.3 Å². The minimum atomic E-state index is -3.84. The van der Waals surface area contributed by atoms with Crippen LogP contribution < -0.4 is 14.8 Å². The topological polar surface area (TPSA) is 84.5 Å². The third-order valence-corrected chi connectivity index (χ3v) is 6.52. The number of anilines is 1. The lowest BCUT2D eigenvalue weighted by molar-refractivity contribution is 0.0946. The average molecular weight is 453 g/mol. The number of aryl methyl sites for hydroxylation is 3. The predicted octanol–water partition coefficient (Wildman–Crippen LogP) is 4.48. The molecule has 0 aliphatic heterocycles. The molecule has 3 aromatic rings. The summed E-state index contributed by atoms with van der Waals surface area (Å²) in [5.41, 5.74) is 3.47. The van der Waals surface area contributed by atoms with Crippen molar-refractivity contribution in [2.75, 3.05) is 17.9 Å². The largest absolute Gasteiger partial charge is 0.492 e. The van der Waals surface area contributed by atoms with E-state index in [0.717, 1.165) is 17.7 Å². The molecule has 0 heterocycles. The van der Waals surface area contributed by atoms with Crippen molar-refractivity contribution in [2.24, 2.45) is 0 Å². The van der Waals surface area contributed by atoms with Gasteiger partial charge in [0.05, 0.1) is 11.4 Å². The number of benzene rings is 3. The van der Waals surface area contributed by atoms with Gasteiger partial charge in [-0.3, -0.25) is 9.52 Å². The summed E-state index contributed by atoms with van der Waals surface area (Å²) < 4.78 is 34.0. The molecule has 1 amide bonds. The molecule has 0 aromatic heterocycles. The number of carbonyl (C=O) groups is 1. The summed E-state index contributed by atoms with van der Waals surface area (Å²) in [6.07, 6.45) is 0.963. The normalized spacial score (nSPS) is 11.1. The Morgan fingerprint density at radius 2 is 1.72 bits per heavy atom. The highest BCUT2D eigenvalue weighted by atomic mass is 32.2. The summed E-state index contributed by atoms with van der Waals surface area (Å²) in [6.45, 7) is 6.28. The van der Waals surface area contributed by atoms with Gasteiger partial charge < -0.3 is 10.1 Å². The summed E-state index contributed by atoms with van der Waals surface area (Å²) in [4.78, 5) is 12.6. The fourth-order valence-corrected chi connectivity index (χ4v) is 4.53. The standard InChI is InChI=1S/C25H28N2O4S/c1-4-20-9-12-23(13-10-20)31-15-14-26-25(28)21-11-8-19(3)24(17-21)32(29,30)27-22-7-5-6-18(2)16-22/h5-13,16-17,27H,4,14-15H2,1-3H3,(H,26,28). The van der Waals surface area contributed by atoms with Gasteiger partial charge in [-0.25, -0.2) is 8.42 Å². The second-order valence-electron chi connectivity index (χ2n) is 7.56. The summed E-state index contributed by atoms with van der Waals surface area (Å²) >= 11 is 0. The van der Waals surface area contributed by atoms with Gasteiger partial charge in [0.15, 0.2) is 0 Å². The number of nitrogens with one attached hydrogen (secondary N) is 2. The summed E-state index contributed by atoms with van der Waals surface area (Å²) in [7, 11) is -3.84. The second-order valence-corrected chi connectivity index (χ2v) is 9.21. The average Bonchev–Trinajstić information content (AvgIpc) is 2.77. The maximum atomic E-state index is 12.9. The van der Waals surface area contributed by atoms with E-state index < -0.39 is 10.0 Å². The first kappa shape index (κ1) is 23.3. The Morgan fingerprint density at radius 3 is 2.41 bits per heavy atom. The first-order chi connectivity index (χ1) is 15.3. The second kappa shape index (κ2) is 10.3. The summed E-state index contributed by atoms with van der Waals surface area (Å²) in [6, 6.07) is 19.6. The van der Waals surface area contributed by atoms with Gasteiger partial charge in [-0.1, -0.05) is 37.3 Å². The smallest absolute Gasteiger partial charge is 0.262 e. The lowest BCUT2D eigenvalue weighted by atomic mass is 10.1. The van der Waals surface area contributed by atoms with Crippen LogP contribution in [-0.2, 0) is 16.4 Å². The highest BCUT2D eigenvalue weighted by Crippen LogP contribution is 2.21. The van der Waals surface area contributed by atoms with Crippen LogP contribution >= 0.6 is 0 Å². The maximum Gasteiger partial charge on any atom is 0.262 e. The zero-order valence-corrected chi connectivity index (χ0v) is 19.3. The van der Waals surface area contributed by atoms with Crippen LogP contribution in [0.2, 0.25) is 0 Å². The maximum absolute atomic E-state index is 12.9. The fourth-order valence-electron chi connectivity index (χ4n) is 3.21. The van der Waals surface area contributed by atoms with Gasteiger partial charge in [-0.15, -0.1) is 0 Å². The van der Waals surface area contributed by atoms with E-state index in [2.05, 4.69) is 17.0 Å². The molecule has 0 saturated carbocycles. The highest BCUT2D eigenvalue weighted by Gasteiger charge is 2.19. The molecule has 168 valence electrons. The van der Waals surface area contributed by atoms with E-state index in [9.17, 15) is 13.2 Å². The molecule has 2 N–H and O–H groups in total. The Bertz CT molecular complexity index is 1190. The minimum absolute atomic E-state index is 0.0684. The van der Waals surface area contributed by atoms with Crippen LogP contribution in [-0.4, -0.2) is 27.5 Å². The Morgan fingerprint density at radius 1 is 0.969 bits per heavy atom. The van der Waals surface area contributed by atoms with Crippen molar-refractivity contribution in [1.82, 2.24) is 5.32 Å². The monoisotopic (exact) mass is 452 g/mol. The quantitative estimate of drug-likeness (QED) is 0.469. The first-order valence-electron chi connectivity index (χ1n) is 10.5. The summed E-state index contributed by atoms with van der Waals surface area (Å²) in [5.74, 6) is 0.379. The molecule has 0 aliphatic rings. The molecule has 32 heavy (non-hydrogen) atoms. The van der Waals surface area contributed by atoms with Crippen LogP contribution in [0.15, 0.2) is 71.6 Å². The molecule has 3 aromatic carbocycles. The van der Waals surface area contributed by atoms with Crippen LogP contribution in [0.1, 0.15) is 34.0 Å². The lowest BCUT2D eigenvalue weighted by Gasteiger charge is -2.13. The number of hydrogen-bond acceptors (Lipinski definition) is 4. The van der Waals surface area contributed by atoms with Crippen molar-refractivity contribution >= 4 is 21.6 Å². The van der Waals surface area contributed by atoms with Crippen molar-refractivity contribution in [1.29, 1.82) is 0 Å². The first-order valence-corrected chi connectivity index (χ1v) is 12.0. The Kier molecular flexibility index (Phi) is 7.53. The van der Waals surface area contributed by atoms with Crippen molar-refractivity contribution in [3.05, 3.63) is 89.0 Å². The zero-order chi connectivity index (χ0) is 23.1. The van der Waals surface area contributed by atoms with Gasteiger partial charge in [-0.05, 0) is 73.4 Å². The molecule has 0 aliphatic carbocycles. The number of amides is 1. The fraction of sp³-hybridized carbons (Fsp3) is 0.240. The minimum Gasteiger partial charge on any atom is -0.492 e. The Balaban J connectivity index is 1.62. The molecular weight excluding hydrogens is 424 g/mol. The van der Waals surface area contributed by atoms with Crippen molar-refractivity contribution < 1.29 is 17.9 Å². The molecule has 0 atom stereocenters. The lowest BCUT2D eigenvalue weighted by Crippen LogP contribution is -2.28. The molecule has 3 rings (SSSR count). The van der Waals surface area contributed by atoms with E-state index >= 15 is 0 Å². The van der Waals surface area contributed by atoms with Crippen LogP contribution in [0.5, 0.6) is 5.75 Å². The SMILES string of the molecule is CCc1ccc(OCCNC(=O)c2ccc(C)c(S(=O)(=O)Nc3cccc(C)c3)c2)cc1. The molecule has 0 spiro atoms. The molecule has 0 unspecified atom stereocenters. The molecule has 0 radical (unpaired) electrons. The zero-order valence-electron chi connectivity index (χ0n) is 18.5. The third kappa shape index (κ3) is 6.11. The highest BCUT2D eigenvalue weighted by molar-refractivity contribution is 7.92. The van der Waals surface area contributed by atoms with Gasteiger partial charge in [0.1, 0.15) is 12.4 Å². The van der Waals surface area contributed by atoms with Gasteiger partial charge in [-0.2, -0.15) is 0 Å². The van der Waals surface area contributed by atoms with E-state index in [0.29, 0.717) is 24.4 Å². The van der Waals surface area contributed by atoms with Gasteiger partial charge in [0.2, 0.25) is 0 Å². The van der Waals surface area contributed by atoms with Crippen molar-refractivity contribution in [2.45, 2.75) is 32.1 Å². The van der Waals surface area contributed by atoms with Crippen molar-refractivity contribution in [3.8, 4) is 5.75 Å². The predicted molar refractivity (Wildman–Crippen MR) is 127 cm³/mol. The molecule has 0 saturated heterocycles. The van der Waals surface area contributed by atoms with Gasteiger partial charge in [0.25, 0.3) is 15.9 Å². The number of sulfonamides is 1. The molecule has 6 nitrogen and oxygen atoms in total. The third-order valence-electron chi connectivity index (χ3n) is 5.00. The number of rotatable bonds is 9. The van der Waals surface area contributed by atoms with E-state index in [1.54, 1.807) is 37.3 Å². The van der Waals surface area contributed by atoms with Gasteiger partial charge in [0, 0.05) is 11.3 Å². The van der Waals surface area contributed by atoms with Gasteiger partial charge >= 0.3 is 0 Å². The Labute approximate surface area is 189 Å². The number of carbonyl (C=O) groups excluding carboxylic acids is 1. The van der Waals surface area contributed by atoms with Crippen LogP contribution in [0.4, 0.5) is 5.69 Å². The van der Waals surface area contributed by atoms with E-state index in [4.69, 9.17) is 4.74 Å². The van der Waals surface area contributed by atoms with E-state index in [-0.39, 0.29) is 16.4 Å². The molecular formula is C25H28N2O4S. The van der Waals surface area contributed by atoms with E-state index in [1.165, 1.54) is 11.6 Å². The molecule has 0 fully saturated rings. The van der Waals surface area contributed by atoms with Crippen LogP contribution in [0.3, 0.4) is 0 Å². The number of hydrogen-bond donors (Lipinski definition) is 2. The number of ether oxygens (including phenoxy) is 1. The van der Waals surface area contributed by atoms with Crippen LogP contribution in [0.25, 0.3) is 0 Å². The molecule has 7 heteroatoms. The summed E-state index contributed by atoms with van der Waals surface area (Å²) in [5, 5.41) is 2.77. The molecule has 0 bridgehead atoms.